The average Bonchev–Trinajstić information content (AvgIpc) is 2.11. The highest BCUT2D eigenvalue weighted by atomic mass is 16.5. The highest BCUT2D eigenvalue weighted by Gasteiger charge is 2.28. The molecule has 0 amide bonds. The number of carboxylic acids is 1. The van der Waals surface area contributed by atoms with E-state index in [2.05, 4.69) is 0 Å². The minimum Gasteiger partial charge on any atom is -0.480 e. The van der Waals surface area contributed by atoms with E-state index in [9.17, 15) is 4.79 Å². The SMILES string of the molecule is CCOCC(C)OCC(C)(N)C(=O)O. The van der Waals surface area contributed by atoms with E-state index in [0.29, 0.717) is 13.2 Å². The van der Waals surface area contributed by atoms with Gasteiger partial charge in [0.15, 0.2) is 0 Å². The molecule has 0 spiro atoms. The average molecular weight is 205 g/mol. The Morgan fingerprint density at radius 2 is 2.21 bits per heavy atom. The van der Waals surface area contributed by atoms with Crippen LogP contribution in [0.2, 0.25) is 0 Å². The van der Waals surface area contributed by atoms with Crippen LogP contribution in [0.3, 0.4) is 0 Å². The molecular weight excluding hydrogens is 186 g/mol. The Labute approximate surface area is 84.2 Å². The number of ether oxygens (including phenoxy) is 2. The zero-order valence-corrected chi connectivity index (χ0v) is 8.95. The Hall–Kier alpha value is -0.650. The summed E-state index contributed by atoms with van der Waals surface area (Å²) in [7, 11) is 0. The summed E-state index contributed by atoms with van der Waals surface area (Å²) in [4.78, 5) is 10.6. The number of rotatable bonds is 7. The third-order valence-electron chi connectivity index (χ3n) is 1.71. The first-order valence-electron chi connectivity index (χ1n) is 4.61. The van der Waals surface area contributed by atoms with Gasteiger partial charge in [-0.3, -0.25) is 4.79 Å². The van der Waals surface area contributed by atoms with Crippen LogP contribution >= 0.6 is 0 Å². The zero-order valence-electron chi connectivity index (χ0n) is 8.95. The standard InChI is InChI=1S/C9H19NO4/c1-4-13-5-7(2)14-6-9(3,10)8(11)12/h7H,4-6,10H2,1-3H3,(H,11,12). The molecule has 0 aliphatic carbocycles. The number of aliphatic carboxylic acids is 1. The molecule has 0 heterocycles. The maximum absolute atomic E-state index is 10.6. The fraction of sp³-hybridized carbons (Fsp3) is 0.889. The summed E-state index contributed by atoms with van der Waals surface area (Å²) in [5.41, 5.74) is 4.14. The quantitative estimate of drug-likeness (QED) is 0.621. The van der Waals surface area contributed by atoms with Gasteiger partial charge in [-0.15, -0.1) is 0 Å². The Kier molecular flexibility index (Phi) is 5.68. The topological polar surface area (TPSA) is 81.8 Å². The molecular formula is C9H19NO4. The number of carboxylic acid groups (broad SMARTS) is 1. The van der Waals surface area contributed by atoms with Crippen LogP contribution in [0.1, 0.15) is 20.8 Å². The van der Waals surface area contributed by atoms with Crippen molar-refractivity contribution in [3.63, 3.8) is 0 Å². The first-order chi connectivity index (χ1) is 6.40. The van der Waals surface area contributed by atoms with Crippen molar-refractivity contribution < 1.29 is 19.4 Å². The molecule has 2 unspecified atom stereocenters. The molecule has 0 aromatic rings. The number of nitrogens with two attached hydrogens (primary N) is 1. The molecule has 0 rings (SSSR count). The molecule has 0 radical (unpaired) electrons. The van der Waals surface area contributed by atoms with Crippen LogP contribution < -0.4 is 5.73 Å². The summed E-state index contributed by atoms with van der Waals surface area (Å²) in [5, 5.41) is 8.69. The molecule has 0 saturated heterocycles. The van der Waals surface area contributed by atoms with E-state index in [0.717, 1.165) is 0 Å². The summed E-state index contributed by atoms with van der Waals surface area (Å²) in [6.45, 7) is 6.17. The molecule has 5 heteroatoms. The second-order valence-corrected chi connectivity index (χ2v) is 3.50. The van der Waals surface area contributed by atoms with Gasteiger partial charge in [-0.25, -0.2) is 0 Å². The van der Waals surface area contributed by atoms with Gasteiger partial charge in [0.05, 0.1) is 19.3 Å². The maximum Gasteiger partial charge on any atom is 0.325 e. The molecule has 0 aliphatic heterocycles. The van der Waals surface area contributed by atoms with Crippen LogP contribution in [0.15, 0.2) is 0 Å². The fourth-order valence-corrected chi connectivity index (χ4v) is 0.709. The zero-order chi connectivity index (χ0) is 11.2. The van der Waals surface area contributed by atoms with E-state index in [-0.39, 0.29) is 12.7 Å². The van der Waals surface area contributed by atoms with Crippen molar-refractivity contribution in [2.24, 2.45) is 5.73 Å². The number of hydrogen-bond acceptors (Lipinski definition) is 4. The molecule has 0 aliphatic rings. The largest absolute Gasteiger partial charge is 0.480 e. The molecule has 0 bridgehead atoms. The highest BCUT2D eigenvalue weighted by molar-refractivity contribution is 5.77. The van der Waals surface area contributed by atoms with Gasteiger partial charge in [-0.2, -0.15) is 0 Å². The summed E-state index contributed by atoms with van der Waals surface area (Å²) in [5.74, 6) is -1.07. The van der Waals surface area contributed by atoms with Crippen LogP contribution in [0.25, 0.3) is 0 Å². The highest BCUT2D eigenvalue weighted by Crippen LogP contribution is 2.03. The monoisotopic (exact) mass is 205 g/mol. The van der Waals surface area contributed by atoms with Crippen molar-refractivity contribution >= 4 is 5.97 Å². The first kappa shape index (κ1) is 13.4. The van der Waals surface area contributed by atoms with Gasteiger partial charge in [0.2, 0.25) is 0 Å². The molecule has 14 heavy (non-hydrogen) atoms. The van der Waals surface area contributed by atoms with Crippen molar-refractivity contribution in [1.82, 2.24) is 0 Å². The first-order valence-corrected chi connectivity index (χ1v) is 4.61. The van der Waals surface area contributed by atoms with E-state index >= 15 is 0 Å². The van der Waals surface area contributed by atoms with Gasteiger partial charge in [-0.05, 0) is 20.8 Å². The molecule has 3 N–H and O–H groups in total. The van der Waals surface area contributed by atoms with Gasteiger partial charge in [0.25, 0.3) is 0 Å². The molecule has 0 fully saturated rings. The van der Waals surface area contributed by atoms with Crippen LogP contribution in [-0.4, -0.2) is 42.5 Å². The van der Waals surface area contributed by atoms with E-state index in [1.165, 1.54) is 6.92 Å². The van der Waals surface area contributed by atoms with Gasteiger partial charge in [-0.1, -0.05) is 0 Å². The molecule has 5 nitrogen and oxygen atoms in total. The van der Waals surface area contributed by atoms with Crippen molar-refractivity contribution in [3.05, 3.63) is 0 Å². The van der Waals surface area contributed by atoms with Crippen molar-refractivity contribution in [2.45, 2.75) is 32.4 Å². The maximum atomic E-state index is 10.6. The van der Waals surface area contributed by atoms with Crippen molar-refractivity contribution in [3.8, 4) is 0 Å². The number of carbonyl (C=O) groups is 1. The Balaban J connectivity index is 3.75. The van der Waals surface area contributed by atoms with Crippen LogP contribution in [0, 0.1) is 0 Å². The molecule has 0 aromatic carbocycles. The van der Waals surface area contributed by atoms with Gasteiger partial charge >= 0.3 is 5.97 Å². The lowest BCUT2D eigenvalue weighted by Gasteiger charge is -2.21. The third kappa shape index (κ3) is 5.16. The van der Waals surface area contributed by atoms with E-state index < -0.39 is 11.5 Å². The van der Waals surface area contributed by atoms with Crippen LogP contribution in [-0.2, 0) is 14.3 Å². The third-order valence-corrected chi connectivity index (χ3v) is 1.71. The lowest BCUT2D eigenvalue weighted by atomic mass is 10.1. The lowest BCUT2D eigenvalue weighted by Crippen LogP contribution is -2.49. The molecule has 0 aromatic heterocycles. The van der Waals surface area contributed by atoms with Crippen LogP contribution in [0.5, 0.6) is 0 Å². The summed E-state index contributed by atoms with van der Waals surface area (Å²) >= 11 is 0. The predicted octanol–water partition coefficient (Wildman–Crippen LogP) is 0.230. The summed E-state index contributed by atoms with van der Waals surface area (Å²) in [6.07, 6.45) is -0.142. The predicted molar refractivity (Wildman–Crippen MR) is 52.1 cm³/mol. The summed E-state index contributed by atoms with van der Waals surface area (Å²) < 4.78 is 10.3. The lowest BCUT2D eigenvalue weighted by molar-refractivity contribution is -0.146. The Bertz CT molecular complexity index is 182. The second-order valence-electron chi connectivity index (χ2n) is 3.50. The Morgan fingerprint density at radius 3 is 2.64 bits per heavy atom. The van der Waals surface area contributed by atoms with Crippen molar-refractivity contribution in [2.75, 3.05) is 19.8 Å². The fourth-order valence-electron chi connectivity index (χ4n) is 0.709. The van der Waals surface area contributed by atoms with E-state index in [4.69, 9.17) is 20.3 Å². The summed E-state index contributed by atoms with van der Waals surface area (Å²) in [6, 6.07) is 0. The van der Waals surface area contributed by atoms with Crippen molar-refractivity contribution in [1.29, 1.82) is 0 Å². The minimum atomic E-state index is -1.33. The van der Waals surface area contributed by atoms with Crippen LogP contribution in [0.4, 0.5) is 0 Å². The van der Waals surface area contributed by atoms with Gasteiger partial charge < -0.3 is 20.3 Å². The van der Waals surface area contributed by atoms with Gasteiger partial charge in [0, 0.05) is 6.61 Å². The normalized spacial score (nSPS) is 17.4. The van der Waals surface area contributed by atoms with Gasteiger partial charge in [0.1, 0.15) is 5.54 Å². The second kappa shape index (κ2) is 5.95. The minimum absolute atomic E-state index is 0.0173. The molecule has 0 saturated carbocycles. The van der Waals surface area contributed by atoms with E-state index in [1.807, 2.05) is 13.8 Å². The molecule has 84 valence electrons. The Morgan fingerprint density at radius 1 is 1.64 bits per heavy atom. The number of hydrogen-bond donors (Lipinski definition) is 2. The molecule has 2 atom stereocenters. The van der Waals surface area contributed by atoms with E-state index in [1.54, 1.807) is 0 Å². The smallest absolute Gasteiger partial charge is 0.325 e.